The predicted molar refractivity (Wildman–Crippen MR) is 72.3 cm³/mol. The lowest BCUT2D eigenvalue weighted by Crippen LogP contribution is -2.33. The molecule has 0 aliphatic rings. The van der Waals surface area contributed by atoms with Crippen molar-refractivity contribution in [2.75, 3.05) is 13.1 Å². The van der Waals surface area contributed by atoms with Gasteiger partial charge < -0.3 is 0 Å². The standard InChI is InChI=1S/C12H23N.C2H6/c1-6-12(10-9-11(4)5)13(7-2)8-3;1-2/h6,9,12H,1,7-8,10H2,2-5H3;1-2H3. The van der Waals surface area contributed by atoms with Crippen molar-refractivity contribution < 1.29 is 0 Å². The molecule has 1 heteroatoms. The lowest BCUT2D eigenvalue weighted by molar-refractivity contribution is 0.255. The van der Waals surface area contributed by atoms with E-state index < -0.39 is 0 Å². The first-order valence-electron chi connectivity index (χ1n) is 6.15. The monoisotopic (exact) mass is 211 g/mol. The topological polar surface area (TPSA) is 3.24 Å². The fourth-order valence-corrected chi connectivity index (χ4v) is 1.44. The average molecular weight is 211 g/mol. The zero-order chi connectivity index (χ0) is 12.3. The maximum atomic E-state index is 3.88. The third-order valence-electron chi connectivity index (χ3n) is 2.32. The van der Waals surface area contributed by atoms with Crippen LogP contribution in [0.3, 0.4) is 0 Å². The molecule has 0 heterocycles. The highest BCUT2D eigenvalue weighted by molar-refractivity contribution is 5.00. The van der Waals surface area contributed by atoms with Gasteiger partial charge in [0.25, 0.3) is 0 Å². The van der Waals surface area contributed by atoms with E-state index in [1.165, 1.54) is 5.57 Å². The number of likely N-dealkylation sites (N-methyl/N-ethyl adjacent to an activating group) is 1. The molecule has 0 saturated carbocycles. The second-order valence-corrected chi connectivity index (χ2v) is 3.54. The van der Waals surface area contributed by atoms with E-state index in [4.69, 9.17) is 0 Å². The van der Waals surface area contributed by atoms with E-state index in [1.54, 1.807) is 0 Å². The number of nitrogens with zero attached hydrogens (tertiary/aromatic N) is 1. The fraction of sp³-hybridized carbons (Fsp3) is 0.714. The summed E-state index contributed by atoms with van der Waals surface area (Å²) in [6.07, 6.45) is 5.42. The maximum absolute atomic E-state index is 3.88. The van der Waals surface area contributed by atoms with E-state index in [-0.39, 0.29) is 0 Å². The molecule has 0 N–H and O–H groups in total. The molecule has 0 aliphatic heterocycles. The Morgan fingerprint density at radius 1 is 1.20 bits per heavy atom. The van der Waals surface area contributed by atoms with Gasteiger partial charge in [-0.05, 0) is 33.4 Å². The van der Waals surface area contributed by atoms with Crippen LogP contribution in [0, 0.1) is 0 Å². The van der Waals surface area contributed by atoms with Crippen LogP contribution < -0.4 is 0 Å². The lowest BCUT2D eigenvalue weighted by Gasteiger charge is -2.26. The second kappa shape index (κ2) is 11.5. The molecule has 1 nitrogen and oxygen atoms in total. The highest BCUT2D eigenvalue weighted by Gasteiger charge is 2.09. The van der Waals surface area contributed by atoms with E-state index in [0.717, 1.165) is 19.5 Å². The summed E-state index contributed by atoms with van der Waals surface area (Å²) < 4.78 is 0. The van der Waals surface area contributed by atoms with Crippen LogP contribution in [-0.2, 0) is 0 Å². The largest absolute Gasteiger partial charge is 0.297 e. The van der Waals surface area contributed by atoms with E-state index in [0.29, 0.717) is 6.04 Å². The summed E-state index contributed by atoms with van der Waals surface area (Å²) >= 11 is 0. The molecule has 0 rings (SSSR count). The van der Waals surface area contributed by atoms with Gasteiger partial charge in [-0.3, -0.25) is 4.90 Å². The van der Waals surface area contributed by atoms with Crippen molar-refractivity contribution in [3.05, 3.63) is 24.3 Å². The molecule has 0 bridgehead atoms. The normalized spacial score (nSPS) is 11.4. The Bertz CT molecular complexity index is 162. The molecule has 0 radical (unpaired) electrons. The van der Waals surface area contributed by atoms with Gasteiger partial charge in [0.05, 0.1) is 0 Å². The minimum Gasteiger partial charge on any atom is -0.297 e. The van der Waals surface area contributed by atoms with E-state index in [2.05, 4.69) is 45.2 Å². The Hall–Kier alpha value is -0.560. The van der Waals surface area contributed by atoms with Crippen LogP contribution in [0.2, 0.25) is 0 Å². The van der Waals surface area contributed by atoms with Crippen molar-refractivity contribution in [1.29, 1.82) is 0 Å². The van der Waals surface area contributed by atoms with E-state index in [9.17, 15) is 0 Å². The smallest absolute Gasteiger partial charge is 0.0309 e. The predicted octanol–water partition coefficient (Wildman–Crippen LogP) is 4.27. The van der Waals surface area contributed by atoms with Crippen molar-refractivity contribution in [2.45, 2.75) is 54.0 Å². The minimum absolute atomic E-state index is 0.505. The van der Waals surface area contributed by atoms with Crippen molar-refractivity contribution in [1.82, 2.24) is 4.90 Å². The summed E-state index contributed by atoms with van der Waals surface area (Å²) in [7, 11) is 0. The third-order valence-corrected chi connectivity index (χ3v) is 2.32. The van der Waals surface area contributed by atoms with Gasteiger partial charge in [0.1, 0.15) is 0 Å². The number of allylic oxidation sites excluding steroid dienone is 1. The van der Waals surface area contributed by atoms with Gasteiger partial charge in [0.15, 0.2) is 0 Å². The molecular weight excluding hydrogens is 182 g/mol. The molecule has 0 amide bonds. The van der Waals surface area contributed by atoms with Crippen molar-refractivity contribution in [3.8, 4) is 0 Å². The maximum Gasteiger partial charge on any atom is 0.0309 e. The molecule has 0 spiro atoms. The summed E-state index contributed by atoms with van der Waals surface area (Å²) in [5, 5.41) is 0. The first-order chi connectivity index (χ1) is 7.15. The van der Waals surface area contributed by atoms with Crippen LogP contribution in [0.1, 0.15) is 48.0 Å². The Labute approximate surface area is 96.9 Å². The molecule has 0 aromatic carbocycles. The molecule has 0 saturated heterocycles. The van der Waals surface area contributed by atoms with Crippen molar-refractivity contribution in [3.63, 3.8) is 0 Å². The van der Waals surface area contributed by atoms with Gasteiger partial charge in [0.2, 0.25) is 0 Å². The Balaban J connectivity index is 0. The van der Waals surface area contributed by atoms with Gasteiger partial charge in [-0.25, -0.2) is 0 Å². The summed E-state index contributed by atoms with van der Waals surface area (Å²) in [6.45, 7) is 18.8. The molecular formula is C14H29N. The molecule has 0 aromatic rings. The van der Waals surface area contributed by atoms with Gasteiger partial charge in [-0.1, -0.05) is 45.4 Å². The van der Waals surface area contributed by atoms with Crippen LogP contribution >= 0.6 is 0 Å². The summed E-state index contributed by atoms with van der Waals surface area (Å²) in [5.41, 5.74) is 1.39. The lowest BCUT2D eigenvalue weighted by atomic mass is 10.1. The van der Waals surface area contributed by atoms with Gasteiger partial charge >= 0.3 is 0 Å². The minimum atomic E-state index is 0.505. The third kappa shape index (κ3) is 8.44. The highest BCUT2D eigenvalue weighted by atomic mass is 15.1. The van der Waals surface area contributed by atoms with E-state index >= 15 is 0 Å². The fourth-order valence-electron chi connectivity index (χ4n) is 1.44. The quantitative estimate of drug-likeness (QED) is 0.593. The zero-order valence-electron chi connectivity index (χ0n) is 11.5. The SMILES string of the molecule is C=CC(CC=C(C)C)N(CC)CC.CC. The molecule has 1 unspecified atom stereocenters. The highest BCUT2D eigenvalue weighted by Crippen LogP contribution is 2.07. The Kier molecular flexibility index (Phi) is 12.9. The molecule has 0 aromatic heterocycles. The average Bonchev–Trinajstić information content (AvgIpc) is 2.26. The van der Waals surface area contributed by atoms with Gasteiger partial charge in [-0.15, -0.1) is 6.58 Å². The molecule has 0 aliphatic carbocycles. The van der Waals surface area contributed by atoms with Gasteiger partial charge in [-0.2, -0.15) is 0 Å². The van der Waals surface area contributed by atoms with Crippen LogP contribution in [0.4, 0.5) is 0 Å². The summed E-state index contributed by atoms with van der Waals surface area (Å²) in [6, 6.07) is 0.505. The first kappa shape index (κ1) is 16.9. The van der Waals surface area contributed by atoms with Crippen molar-refractivity contribution >= 4 is 0 Å². The summed E-state index contributed by atoms with van der Waals surface area (Å²) in [5.74, 6) is 0. The summed E-state index contributed by atoms with van der Waals surface area (Å²) in [4.78, 5) is 2.42. The van der Waals surface area contributed by atoms with Gasteiger partial charge in [0, 0.05) is 6.04 Å². The Morgan fingerprint density at radius 2 is 1.67 bits per heavy atom. The van der Waals surface area contributed by atoms with E-state index in [1.807, 2.05) is 19.9 Å². The Morgan fingerprint density at radius 3 is 1.93 bits per heavy atom. The van der Waals surface area contributed by atoms with Crippen molar-refractivity contribution in [2.24, 2.45) is 0 Å². The first-order valence-corrected chi connectivity index (χ1v) is 6.15. The second-order valence-electron chi connectivity index (χ2n) is 3.54. The van der Waals surface area contributed by atoms with Crippen LogP contribution in [0.5, 0.6) is 0 Å². The van der Waals surface area contributed by atoms with Crippen LogP contribution in [0.15, 0.2) is 24.3 Å². The zero-order valence-corrected chi connectivity index (χ0v) is 11.5. The molecule has 15 heavy (non-hydrogen) atoms. The van der Waals surface area contributed by atoms with Crippen LogP contribution in [0.25, 0.3) is 0 Å². The molecule has 0 fully saturated rings. The van der Waals surface area contributed by atoms with Crippen LogP contribution in [-0.4, -0.2) is 24.0 Å². The number of hydrogen-bond acceptors (Lipinski definition) is 1. The number of rotatable bonds is 6. The molecule has 90 valence electrons. The molecule has 1 atom stereocenters. The number of hydrogen-bond donors (Lipinski definition) is 0.